The molecule has 1 fully saturated rings. The van der Waals surface area contributed by atoms with Crippen molar-refractivity contribution < 1.29 is 9.47 Å². The predicted octanol–water partition coefficient (Wildman–Crippen LogP) is 2.58. The molecule has 1 aromatic heterocycles. The van der Waals surface area contributed by atoms with Crippen LogP contribution in [0.15, 0.2) is 24.4 Å². The smallest absolute Gasteiger partial charge is 0.170 e. The number of nitrogen functional groups attached to an aromatic ring is 1. The lowest BCUT2D eigenvalue weighted by Gasteiger charge is -2.22. The Labute approximate surface area is 135 Å². The van der Waals surface area contributed by atoms with Crippen molar-refractivity contribution in [2.24, 2.45) is 0 Å². The van der Waals surface area contributed by atoms with E-state index in [1.165, 1.54) is 6.42 Å². The van der Waals surface area contributed by atoms with Crippen LogP contribution in [0, 0.1) is 11.3 Å². The van der Waals surface area contributed by atoms with Crippen molar-refractivity contribution in [3.8, 4) is 22.9 Å². The van der Waals surface area contributed by atoms with Crippen LogP contribution in [0.5, 0.6) is 5.75 Å². The average molecular weight is 312 g/mol. The molecule has 1 unspecified atom stereocenters. The van der Waals surface area contributed by atoms with Gasteiger partial charge >= 0.3 is 0 Å². The predicted molar refractivity (Wildman–Crippen MR) is 86.9 cm³/mol. The van der Waals surface area contributed by atoms with E-state index < -0.39 is 0 Å². The quantitative estimate of drug-likeness (QED) is 0.877. The number of aromatic nitrogens is 2. The largest absolute Gasteiger partial charge is 0.494 e. The van der Waals surface area contributed by atoms with E-state index >= 15 is 0 Å². The molecule has 1 saturated heterocycles. The van der Waals surface area contributed by atoms with Crippen molar-refractivity contribution in [1.29, 1.82) is 5.26 Å². The van der Waals surface area contributed by atoms with Crippen LogP contribution in [0.4, 0.5) is 5.69 Å². The molecule has 23 heavy (non-hydrogen) atoms. The summed E-state index contributed by atoms with van der Waals surface area (Å²) in [5.41, 5.74) is 8.37. The second-order valence-electron chi connectivity index (χ2n) is 5.64. The molecular formula is C17H20N4O2. The fourth-order valence-electron chi connectivity index (χ4n) is 2.95. The zero-order valence-corrected chi connectivity index (χ0v) is 13.2. The summed E-state index contributed by atoms with van der Waals surface area (Å²) in [6.45, 7) is 1.45. The molecule has 0 saturated carbocycles. The topological polar surface area (TPSA) is 86.1 Å². The van der Waals surface area contributed by atoms with Gasteiger partial charge in [0, 0.05) is 23.9 Å². The van der Waals surface area contributed by atoms with E-state index in [0.29, 0.717) is 23.7 Å². The van der Waals surface area contributed by atoms with E-state index in [0.717, 1.165) is 30.6 Å². The monoisotopic (exact) mass is 312 g/mol. The molecule has 6 nitrogen and oxygen atoms in total. The average Bonchev–Trinajstić information content (AvgIpc) is 2.98. The standard InChI is InChI=1S/C17H20N4O2/c1-22-17-13(6-4-7-15(17)19)14-11-21(20-16(14)9-18)10-12-5-2-3-8-23-12/h4,6-7,11-12H,2-3,5,8,10,19H2,1H3. The first-order valence-corrected chi connectivity index (χ1v) is 7.75. The molecule has 2 aromatic rings. The molecular weight excluding hydrogens is 292 g/mol. The summed E-state index contributed by atoms with van der Waals surface area (Å²) in [6, 6.07) is 7.65. The molecule has 1 aliphatic heterocycles. The molecule has 1 aromatic carbocycles. The first-order valence-electron chi connectivity index (χ1n) is 7.75. The second-order valence-corrected chi connectivity index (χ2v) is 5.64. The molecule has 120 valence electrons. The van der Waals surface area contributed by atoms with Gasteiger partial charge in [0.2, 0.25) is 0 Å². The first-order chi connectivity index (χ1) is 11.2. The minimum Gasteiger partial charge on any atom is -0.494 e. The summed E-state index contributed by atoms with van der Waals surface area (Å²) in [5.74, 6) is 0.567. The Morgan fingerprint density at radius 2 is 2.30 bits per heavy atom. The number of nitriles is 1. The molecule has 1 aliphatic rings. The summed E-state index contributed by atoms with van der Waals surface area (Å²) < 4.78 is 12.9. The van der Waals surface area contributed by atoms with Gasteiger partial charge in [-0.05, 0) is 25.3 Å². The zero-order chi connectivity index (χ0) is 16.2. The molecule has 0 aliphatic carbocycles. The number of anilines is 1. The Morgan fingerprint density at radius 3 is 3.00 bits per heavy atom. The summed E-state index contributed by atoms with van der Waals surface area (Å²) in [7, 11) is 1.57. The molecule has 2 N–H and O–H groups in total. The van der Waals surface area contributed by atoms with Gasteiger partial charge in [-0.3, -0.25) is 4.68 Å². The third-order valence-corrected chi connectivity index (χ3v) is 4.07. The Bertz CT molecular complexity index is 727. The fraction of sp³-hybridized carbons (Fsp3) is 0.412. The molecule has 1 atom stereocenters. The van der Waals surface area contributed by atoms with E-state index in [-0.39, 0.29) is 6.10 Å². The lowest BCUT2D eigenvalue weighted by molar-refractivity contribution is 0.00399. The van der Waals surface area contributed by atoms with Crippen LogP contribution in [-0.2, 0) is 11.3 Å². The van der Waals surface area contributed by atoms with E-state index in [4.69, 9.17) is 15.2 Å². The zero-order valence-electron chi connectivity index (χ0n) is 13.2. The van der Waals surface area contributed by atoms with Crippen LogP contribution < -0.4 is 10.5 Å². The van der Waals surface area contributed by atoms with E-state index in [9.17, 15) is 5.26 Å². The van der Waals surface area contributed by atoms with Gasteiger partial charge in [-0.2, -0.15) is 10.4 Å². The normalized spacial score (nSPS) is 17.7. The number of nitrogens with two attached hydrogens (primary N) is 1. The Hall–Kier alpha value is -2.52. The van der Waals surface area contributed by atoms with Gasteiger partial charge in [-0.25, -0.2) is 0 Å². The third-order valence-electron chi connectivity index (χ3n) is 4.07. The summed E-state index contributed by atoms with van der Waals surface area (Å²) in [5, 5.41) is 13.8. The molecule has 0 radical (unpaired) electrons. The van der Waals surface area contributed by atoms with E-state index in [1.54, 1.807) is 17.9 Å². The van der Waals surface area contributed by atoms with E-state index in [1.807, 2.05) is 18.3 Å². The van der Waals surface area contributed by atoms with Crippen molar-refractivity contribution in [3.05, 3.63) is 30.1 Å². The lowest BCUT2D eigenvalue weighted by Crippen LogP contribution is -2.24. The van der Waals surface area contributed by atoms with Crippen molar-refractivity contribution in [2.75, 3.05) is 19.5 Å². The fourth-order valence-corrected chi connectivity index (χ4v) is 2.95. The maximum atomic E-state index is 9.40. The lowest BCUT2D eigenvalue weighted by atomic mass is 10.0. The van der Waals surface area contributed by atoms with Crippen molar-refractivity contribution >= 4 is 5.69 Å². The molecule has 2 heterocycles. The van der Waals surface area contributed by atoms with Crippen molar-refractivity contribution in [3.63, 3.8) is 0 Å². The number of hydrogen-bond donors (Lipinski definition) is 1. The van der Waals surface area contributed by atoms with Crippen LogP contribution in [0.1, 0.15) is 25.0 Å². The summed E-state index contributed by atoms with van der Waals surface area (Å²) >= 11 is 0. The Kier molecular flexibility index (Phi) is 4.49. The highest BCUT2D eigenvalue weighted by atomic mass is 16.5. The van der Waals surface area contributed by atoms with Crippen LogP contribution in [0.2, 0.25) is 0 Å². The minimum absolute atomic E-state index is 0.158. The maximum absolute atomic E-state index is 9.40. The Balaban J connectivity index is 1.94. The molecule has 0 bridgehead atoms. The first kappa shape index (κ1) is 15.4. The van der Waals surface area contributed by atoms with Crippen molar-refractivity contribution in [2.45, 2.75) is 31.9 Å². The molecule has 6 heteroatoms. The molecule has 0 amide bonds. The minimum atomic E-state index is 0.158. The van der Waals surface area contributed by atoms with Crippen LogP contribution in [-0.4, -0.2) is 29.6 Å². The number of methoxy groups -OCH3 is 1. The van der Waals surface area contributed by atoms with Gasteiger partial charge in [0.15, 0.2) is 5.69 Å². The summed E-state index contributed by atoms with van der Waals surface area (Å²) in [6.07, 6.45) is 5.34. The number of nitrogens with zero attached hydrogens (tertiary/aromatic N) is 3. The molecule has 3 rings (SSSR count). The van der Waals surface area contributed by atoms with Gasteiger partial charge in [-0.15, -0.1) is 0 Å². The van der Waals surface area contributed by atoms with Gasteiger partial charge in [0.05, 0.1) is 25.4 Å². The van der Waals surface area contributed by atoms with Gasteiger partial charge in [0.25, 0.3) is 0 Å². The highest BCUT2D eigenvalue weighted by molar-refractivity contribution is 5.79. The highest BCUT2D eigenvalue weighted by Gasteiger charge is 2.19. The number of para-hydroxylation sites is 1. The summed E-state index contributed by atoms with van der Waals surface area (Å²) in [4.78, 5) is 0. The van der Waals surface area contributed by atoms with Gasteiger partial charge < -0.3 is 15.2 Å². The van der Waals surface area contributed by atoms with Crippen LogP contribution in [0.25, 0.3) is 11.1 Å². The van der Waals surface area contributed by atoms with Gasteiger partial charge in [-0.1, -0.05) is 12.1 Å². The third kappa shape index (κ3) is 3.15. The van der Waals surface area contributed by atoms with Crippen LogP contribution in [0.3, 0.4) is 0 Å². The number of benzene rings is 1. The molecule has 0 spiro atoms. The maximum Gasteiger partial charge on any atom is 0.170 e. The van der Waals surface area contributed by atoms with Crippen molar-refractivity contribution in [1.82, 2.24) is 9.78 Å². The number of rotatable bonds is 4. The van der Waals surface area contributed by atoms with E-state index in [2.05, 4.69) is 11.2 Å². The number of ether oxygens (including phenoxy) is 2. The highest BCUT2D eigenvalue weighted by Crippen LogP contribution is 2.36. The number of hydrogen-bond acceptors (Lipinski definition) is 5. The van der Waals surface area contributed by atoms with Crippen LogP contribution >= 0.6 is 0 Å². The van der Waals surface area contributed by atoms with Gasteiger partial charge in [0.1, 0.15) is 11.8 Å². The Morgan fingerprint density at radius 1 is 1.43 bits per heavy atom. The SMILES string of the molecule is COc1c(N)cccc1-c1cn(CC2CCCCO2)nc1C#N. The second kappa shape index (κ2) is 6.71.